The molecular weight excluding hydrogens is 340 g/mol. The zero-order chi connectivity index (χ0) is 18.0. The number of benzene rings is 2. The first-order valence-corrected chi connectivity index (χ1v) is 8.46. The van der Waals surface area contributed by atoms with E-state index in [0.717, 1.165) is 17.7 Å². The van der Waals surface area contributed by atoms with Crippen LogP contribution in [0.15, 0.2) is 42.5 Å². The highest BCUT2D eigenvalue weighted by molar-refractivity contribution is 6.30. The first kappa shape index (κ1) is 17.3. The summed E-state index contributed by atoms with van der Waals surface area (Å²) in [4.78, 5) is 25.7. The van der Waals surface area contributed by atoms with E-state index in [-0.39, 0.29) is 11.8 Å². The van der Waals surface area contributed by atoms with Gasteiger partial charge in [0.15, 0.2) is 6.10 Å². The van der Waals surface area contributed by atoms with Crippen LogP contribution in [0.25, 0.3) is 0 Å². The van der Waals surface area contributed by atoms with Crippen LogP contribution in [0.4, 0.5) is 11.4 Å². The van der Waals surface area contributed by atoms with Gasteiger partial charge >= 0.3 is 0 Å². The Balaban J connectivity index is 1.65. The molecule has 2 amide bonds. The Kier molecular flexibility index (Phi) is 4.95. The second-order valence-corrected chi connectivity index (χ2v) is 6.40. The Labute approximate surface area is 151 Å². The van der Waals surface area contributed by atoms with Gasteiger partial charge in [0.25, 0.3) is 5.91 Å². The molecule has 3 rings (SSSR count). The summed E-state index contributed by atoms with van der Waals surface area (Å²) < 4.78 is 5.62. The topological polar surface area (TPSA) is 58.6 Å². The van der Waals surface area contributed by atoms with Crippen molar-refractivity contribution in [1.82, 2.24) is 0 Å². The Morgan fingerprint density at radius 2 is 1.92 bits per heavy atom. The molecule has 0 unspecified atom stereocenters. The molecule has 5 nitrogen and oxygen atoms in total. The van der Waals surface area contributed by atoms with Crippen LogP contribution in [-0.4, -0.2) is 24.5 Å². The van der Waals surface area contributed by atoms with Crippen LogP contribution in [0.3, 0.4) is 0 Å². The van der Waals surface area contributed by atoms with Gasteiger partial charge in [-0.25, -0.2) is 0 Å². The van der Waals surface area contributed by atoms with Crippen molar-refractivity contribution in [2.45, 2.75) is 26.4 Å². The Bertz CT molecular complexity index is 805. The standard InChI is InChI=1S/C19H19ClN2O3/c1-12(25-17-6-3-15(20)4-7-17)19(24)21-16-5-8-18-14(11-16)9-10-22(18)13(2)23/h3-8,11-12H,9-10H2,1-2H3,(H,21,24)/t12-/m0/s1. The molecule has 0 fully saturated rings. The Hall–Kier alpha value is -2.53. The average molecular weight is 359 g/mol. The number of nitrogens with one attached hydrogen (secondary N) is 1. The highest BCUT2D eigenvalue weighted by Crippen LogP contribution is 2.30. The third kappa shape index (κ3) is 3.94. The molecule has 0 radical (unpaired) electrons. The number of anilines is 2. The number of hydrogen-bond donors (Lipinski definition) is 1. The van der Waals surface area contributed by atoms with Gasteiger partial charge in [-0.3, -0.25) is 9.59 Å². The van der Waals surface area contributed by atoms with Gasteiger partial charge in [-0.2, -0.15) is 0 Å². The van der Waals surface area contributed by atoms with E-state index < -0.39 is 6.10 Å². The molecule has 1 atom stereocenters. The number of carbonyl (C=O) groups excluding carboxylic acids is 2. The summed E-state index contributed by atoms with van der Waals surface area (Å²) in [5.41, 5.74) is 2.66. The number of carbonyl (C=O) groups is 2. The van der Waals surface area contributed by atoms with Gasteiger partial charge in [0.1, 0.15) is 5.75 Å². The fraction of sp³-hybridized carbons (Fsp3) is 0.263. The van der Waals surface area contributed by atoms with E-state index in [1.54, 1.807) is 49.1 Å². The van der Waals surface area contributed by atoms with Crippen LogP contribution < -0.4 is 15.0 Å². The monoisotopic (exact) mass is 358 g/mol. The molecule has 1 aliphatic rings. The van der Waals surface area contributed by atoms with Gasteiger partial charge in [0, 0.05) is 29.9 Å². The second kappa shape index (κ2) is 7.15. The van der Waals surface area contributed by atoms with Crippen molar-refractivity contribution in [2.24, 2.45) is 0 Å². The molecule has 1 N–H and O–H groups in total. The summed E-state index contributed by atoms with van der Waals surface area (Å²) in [6.45, 7) is 3.92. The molecule has 6 heteroatoms. The van der Waals surface area contributed by atoms with Crippen molar-refractivity contribution in [3.63, 3.8) is 0 Å². The van der Waals surface area contributed by atoms with Crippen molar-refractivity contribution in [1.29, 1.82) is 0 Å². The highest BCUT2D eigenvalue weighted by Gasteiger charge is 2.23. The van der Waals surface area contributed by atoms with Crippen molar-refractivity contribution in [3.8, 4) is 5.75 Å². The highest BCUT2D eigenvalue weighted by atomic mass is 35.5. The van der Waals surface area contributed by atoms with E-state index in [2.05, 4.69) is 5.32 Å². The minimum atomic E-state index is -0.650. The van der Waals surface area contributed by atoms with E-state index in [0.29, 0.717) is 23.0 Å². The predicted octanol–water partition coefficient (Wildman–Crippen LogP) is 3.66. The van der Waals surface area contributed by atoms with Gasteiger partial charge in [-0.05, 0) is 61.4 Å². The van der Waals surface area contributed by atoms with Crippen molar-refractivity contribution < 1.29 is 14.3 Å². The zero-order valence-electron chi connectivity index (χ0n) is 14.1. The number of halogens is 1. The molecule has 0 aromatic heterocycles. The molecule has 1 heterocycles. The number of amides is 2. The summed E-state index contributed by atoms with van der Waals surface area (Å²) in [6, 6.07) is 12.4. The number of rotatable bonds is 4. The van der Waals surface area contributed by atoms with Gasteiger partial charge in [0.2, 0.25) is 5.91 Å². The Morgan fingerprint density at radius 1 is 1.20 bits per heavy atom. The first-order chi connectivity index (χ1) is 11.9. The number of hydrogen-bond acceptors (Lipinski definition) is 3. The summed E-state index contributed by atoms with van der Waals surface area (Å²) in [5.74, 6) is 0.370. The fourth-order valence-corrected chi connectivity index (χ4v) is 2.95. The zero-order valence-corrected chi connectivity index (χ0v) is 14.8. The molecule has 1 aliphatic heterocycles. The maximum absolute atomic E-state index is 12.3. The molecule has 0 saturated carbocycles. The normalized spacial score (nSPS) is 14.0. The Morgan fingerprint density at radius 3 is 2.60 bits per heavy atom. The fourth-order valence-electron chi connectivity index (χ4n) is 2.82. The molecule has 2 aromatic rings. The maximum atomic E-state index is 12.3. The molecule has 25 heavy (non-hydrogen) atoms. The lowest BCUT2D eigenvalue weighted by Crippen LogP contribution is -2.30. The van der Waals surface area contributed by atoms with Crippen molar-refractivity contribution in [2.75, 3.05) is 16.8 Å². The summed E-state index contributed by atoms with van der Waals surface area (Å²) >= 11 is 5.83. The molecule has 0 saturated heterocycles. The minimum absolute atomic E-state index is 0.0283. The van der Waals surface area contributed by atoms with Crippen LogP contribution in [0.2, 0.25) is 5.02 Å². The third-order valence-corrected chi connectivity index (χ3v) is 4.37. The lowest BCUT2D eigenvalue weighted by atomic mass is 10.1. The van der Waals surface area contributed by atoms with Gasteiger partial charge in [0.05, 0.1) is 0 Å². The number of nitrogens with zero attached hydrogens (tertiary/aromatic N) is 1. The van der Waals surface area contributed by atoms with Crippen LogP contribution in [0.5, 0.6) is 5.75 Å². The van der Waals surface area contributed by atoms with Crippen molar-refractivity contribution >= 4 is 34.8 Å². The number of fused-ring (bicyclic) bond motifs is 1. The molecule has 2 aromatic carbocycles. The van der Waals surface area contributed by atoms with Gasteiger partial charge < -0.3 is 15.0 Å². The van der Waals surface area contributed by atoms with Crippen LogP contribution >= 0.6 is 11.6 Å². The molecule has 0 bridgehead atoms. The molecule has 130 valence electrons. The second-order valence-electron chi connectivity index (χ2n) is 5.97. The van der Waals surface area contributed by atoms with Crippen molar-refractivity contribution in [3.05, 3.63) is 53.1 Å². The molecule has 0 spiro atoms. The minimum Gasteiger partial charge on any atom is -0.481 e. The van der Waals surface area contributed by atoms with E-state index in [1.807, 2.05) is 12.1 Å². The summed E-state index contributed by atoms with van der Waals surface area (Å²) in [6.07, 6.45) is 0.137. The smallest absolute Gasteiger partial charge is 0.265 e. The van der Waals surface area contributed by atoms with Crippen LogP contribution in [-0.2, 0) is 16.0 Å². The van der Waals surface area contributed by atoms with E-state index in [9.17, 15) is 9.59 Å². The molecular formula is C19H19ClN2O3. The molecule has 0 aliphatic carbocycles. The third-order valence-electron chi connectivity index (χ3n) is 4.12. The van der Waals surface area contributed by atoms with Gasteiger partial charge in [-0.1, -0.05) is 11.6 Å². The first-order valence-electron chi connectivity index (χ1n) is 8.08. The lowest BCUT2D eigenvalue weighted by Gasteiger charge is -2.17. The van der Waals surface area contributed by atoms with Gasteiger partial charge in [-0.15, -0.1) is 0 Å². The largest absolute Gasteiger partial charge is 0.481 e. The summed E-state index contributed by atoms with van der Waals surface area (Å²) in [7, 11) is 0. The SMILES string of the molecule is CC(=O)N1CCc2cc(NC(=O)[C@H](C)Oc3ccc(Cl)cc3)ccc21. The number of ether oxygens (including phenoxy) is 1. The quantitative estimate of drug-likeness (QED) is 0.907. The summed E-state index contributed by atoms with van der Waals surface area (Å²) in [5, 5.41) is 3.47. The maximum Gasteiger partial charge on any atom is 0.265 e. The predicted molar refractivity (Wildman–Crippen MR) is 98.3 cm³/mol. The lowest BCUT2D eigenvalue weighted by molar-refractivity contribution is -0.122. The van der Waals surface area contributed by atoms with E-state index in [4.69, 9.17) is 16.3 Å². The van der Waals surface area contributed by atoms with Crippen LogP contribution in [0, 0.1) is 0 Å². The van der Waals surface area contributed by atoms with E-state index >= 15 is 0 Å². The average Bonchev–Trinajstić information content (AvgIpc) is 3.00. The van der Waals surface area contributed by atoms with Crippen LogP contribution in [0.1, 0.15) is 19.4 Å². The van der Waals surface area contributed by atoms with E-state index in [1.165, 1.54) is 0 Å².